The Balaban J connectivity index is 0.00000196. The maximum Gasteiger partial charge on any atom is 0.242 e. The summed E-state index contributed by atoms with van der Waals surface area (Å²) in [5.41, 5.74) is 5.70. The number of halogens is 1. The van der Waals surface area contributed by atoms with Crippen molar-refractivity contribution < 1.29 is 9.53 Å². The first-order valence-corrected chi connectivity index (χ1v) is 5.95. The van der Waals surface area contributed by atoms with E-state index >= 15 is 0 Å². The molecule has 0 bridgehead atoms. The van der Waals surface area contributed by atoms with Gasteiger partial charge in [0.05, 0.1) is 6.61 Å². The van der Waals surface area contributed by atoms with Crippen molar-refractivity contribution in [2.24, 2.45) is 5.73 Å². The van der Waals surface area contributed by atoms with E-state index in [2.05, 4.69) is 6.92 Å². The van der Waals surface area contributed by atoms with E-state index < -0.39 is 6.04 Å². The van der Waals surface area contributed by atoms with Crippen molar-refractivity contribution >= 4 is 30.1 Å². The Kier molecular flexibility index (Phi) is 7.34. The largest absolute Gasteiger partial charge is 0.383 e. The predicted molar refractivity (Wildman–Crippen MR) is 65.6 cm³/mol. The van der Waals surface area contributed by atoms with Crippen LogP contribution in [0.15, 0.2) is 0 Å². The highest BCUT2D eigenvalue weighted by Gasteiger charge is 2.27. The van der Waals surface area contributed by atoms with Crippen LogP contribution in [0.1, 0.15) is 6.92 Å². The number of rotatable bonds is 3. The van der Waals surface area contributed by atoms with Crippen LogP contribution in [-0.4, -0.2) is 54.7 Å². The molecule has 6 heteroatoms. The predicted octanol–water partition coefficient (Wildman–Crippen LogP) is 0.346. The van der Waals surface area contributed by atoms with E-state index in [1.54, 1.807) is 7.11 Å². The number of thioether (sulfide) groups is 1. The third-order valence-electron chi connectivity index (χ3n) is 2.31. The molecule has 15 heavy (non-hydrogen) atoms. The zero-order valence-corrected chi connectivity index (χ0v) is 10.8. The van der Waals surface area contributed by atoms with Crippen molar-refractivity contribution in [2.45, 2.75) is 19.0 Å². The fraction of sp³-hybridized carbons (Fsp3) is 0.889. The minimum absolute atomic E-state index is 0. The Morgan fingerprint density at radius 3 is 2.93 bits per heavy atom. The molecular weight excluding hydrogens is 236 g/mol. The lowest BCUT2D eigenvalue weighted by atomic mass is 10.2. The molecule has 0 radical (unpaired) electrons. The second-order valence-electron chi connectivity index (χ2n) is 3.52. The van der Waals surface area contributed by atoms with Crippen LogP contribution in [0.2, 0.25) is 0 Å². The maximum absolute atomic E-state index is 11.8. The molecule has 0 aromatic carbocycles. The van der Waals surface area contributed by atoms with Gasteiger partial charge in [0.2, 0.25) is 5.91 Å². The first-order chi connectivity index (χ1) is 6.66. The summed E-state index contributed by atoms with van der Waals surface area (Å²) in [4.78, 5) is 13.7. The Morgan fingerprint density at radius 1 is 1.73 bits per heavy atom. The summed E-state index contributed by atoms with van der Waals surface area (Å²) < 4.78 is 4.87. The number of carbonyl (C=O) groups is 1. The normalized spacial score (nSPS) is 23.1. The molecular formula is C9H19ClN2O2S. The number of methoxy groups -OCH3 is 1. The topological polar surface area (TPSA) is 55.6 Å². The van der Waals surface area contributed by atoms with Crippen molar-refractivity contribution in [2.75, 3.05) is 31.8 Å². The molecule has 90 valence electrons. The Bertz CT molecular complexity index is 207. The Hall–Kier alpha value is 0.0300. The monoisotopic (exact) mass is 254 g/mol. The molecule has 0 aromatic heterocycles. The smallest absolute Gasteiger partial charge is 0.242 e. The number of nitrogens with two attached hydrogens (primary N) is 1. The van der Waals surface area contributed by atoms with E-state index in [4.69, 9.17) is 10.5 Å². The molecule has 2 atom stereocenters. The van der Waals surface area contributed by atoms with Gasteiger partial charge in [0.25, 0.3) is 0 Å². The molecule has 0 aliphatic carbocycles. The van der Waals surface area contributed by atoms with Gasteiger partial charge in [-0.2, -0.15) is 11.8 Å². The van der Waals surface area contributed by atoms with Crippen LogP contribution in [0.3, 0.4) is 0 Å². The highest BCUT2D eigenvalue weighted by atomic mass is 35.5. The standard InChI is InChI=1S/C9H18N2O2S.ClH/c1-7-6-14-4-3-11(7)9(12)8(10)5-13-2;/h7-8H,3-6,10H2,1-2H3;1H. The Morgan fingerprint density at radius 2 is 2.40 bits per heavy atom. The van der Waals surface area contributed by atoms with Gasteiger partial charge in [-0.3, -0.25) is 4.79 Å². The molecule has 1 amide bonds. The summed E-state index contributed by atoms with van der Waals surface area (Å²) >= 11 is 1.88. The van der Waals surface area contributed by atoms with Gasteiger partial charge in [0, 0.05) is 31.2 Å². The van der Waals surface area contributed by atoms with Gasteiger partial charge in [-0.15, -0.1) is 12.4 Å². The number of carbonyl (C=O) groups excluding carboxylic acids is 1. The van der Waals surface area contributed by atoms with Crippen molar-refractivity contribution in [1.29, 1.82) is 0 Å². The lowest BCUT2D eigenvalue weighted by Crippen LogP contribution is -2.52. The molecule has 0 saturated carbocycles. The molecule has 1 fully saturated rings. The van der Waals surface area contributed by atoms with Crippen LogP contribution in [0.25, 0.3) is 0 Å². The van der Waals surface area contributed by atoms with Crippen molar-refractivity contribution in [1.82, 2.24) is 4.90 Å². The van der Waals surface area contributed by atoms with E-state index in [1.807, 2.05) is 16.7 Å². The Labute approximate surface area is 101 Å². The van der Waals surface area contributed by atoms with Crippen LogP contribution in [-0.2, 0) is 9.53 Å². The number of hydrogen-bond acceptors (Lipinski definition) is 4. The van der Waals surface area contributed by atoms with Gasteiger partial charge in [-0.05, 0) is 6.92 Å². The average molecular weight is 255 g/mol. The molecule has 1 rings (SSSR count). The van der Waals surface area contributed by atoms with E-state index in [9.17, 15) is 4.79 Å². The second-order valence-corrected chi connectivity index (χ2v) is 4.67. The minimum Gasteiger partial charge on any atom is -0.383 e. The SMILES string of the molecule is COCC(N)C(=O)N1CCSCC1C.Cl. The second kappa shape index (κ2) is 7.33. The molecule has 0 spiro atoms. The lowest BCUT2D eigenvalue weighted by Gasteiger charge is -2.34. The van der Waals surface area contributed by atoms with Gasteiger partial charge < -0.3 is 15.4 Å². The number of hydrogen-bond donors (Lipinski definition) is 1. The zero-order valence-electron chi connectivity index (χ0n) is 9.14. The maximum atomic E-state index is 11.8. The van der Waals surface area contributed by atoms with Crippen molar-refractivity contribution in [3.8, 4) is 0 Å². The first-order valence-electron chi connectivity index (χ1n) is 4.79. The van der Waals surface area contributed by atoms with E-state index in [-0.39, 0.29) is 18.3 Å². The van der Waals surface area contributed by atoms with E-state index in [1.165, 1.54) is 0 Å². The summed E-state index contributed by atoms with van der Waals surface area (Å²) in [6.07, 6.45) is 0. The van der Waals surface area contributed by atoms with E-state index in [0.717, 1.165) is 18.1 Å². The van der Waals surface area contributed by atoms with Crippen LogP contribution < -0.4 is 5.73 Å². The van der Waals surface area contributed by atoms with Gasteiger partial charge >= 0.3 is 0 Å². The molecule has 2 unspecified atom stereocenters. The molecule has 0 aromatic rings. The summed E-state index contributed by atoms with van der Waals surface area (Å²) in [5.74, 6) is 2.03. The average Bonchev–Trinajstić information content (AvgIpc) is 2.18. The van der Waals surface area contributed by atoms with Crippen LogP contribution in [0.4, 0.5) is 0 Å². The number of nitrogens with zero attached hydrogens (tertiary/aromatic N) is 1. The number of ether oxygens (including phenoxy) is 1. The fourth-order valence-electron chi connectivity index (χ4n) is 1.52. The minimum atomic E-state index is -0.509. The van der Waals surface area contributed by atoms with Crippen LogP contribution in [0.5, 0.6) is 0 Å². The third-order valence-corrected chi connectivity index (χ3v) is 3.50. The fourth-order valence-corrected chi connectivity index (χ4v) is 2.53. The first kappa shape index (κ1) is 15.0. The highest BCUT2D eigenvalue weighted by molar-refractivity contribution is 7.99. The molecule has 1 saturated heterocycles. The van der Waals surface area contributed by atoms with Gasteiger partial charge in [-0.25, -0.2) is 0 Å². The lowest BCUT2D eigenvalue weighted by molar-refractivity contribution is -0.135. The molecule has 1 aliphatic heterocycles. The quantitative estimate of drug-likeness (QED) is 0.790. The summed E-state index contributed by atoms with van der Waals surface area (Å²) in [6.45, 7) is 3.17. The summed E-state index contributed by atoms with van der Waals surface area (Å²) in [6, 6.07) is -0.213. The summed E-state index contributed by atoms with van der Waals surface area (Å²) in [5, 5.41) is 0. The number of amides is 1. The molecule has 4 nitrogen and oxygen atoms in total. The van der Waals surface area contributed by atoms with Crippen molar-refractivity contribution in [3.63, 3.8) is 0 Å². The van der Waals surface area contributed by atoms with Gasteiger partial charge in [0.15, 0.2) is 0 Å². The molecule has 1 aliphatic rings. The van der Waals surface area contributed by atoms with Crippen LogP contribution >= 0.6 is 24.2 Å². The molecule has 2 N–H and O–H groups in total. The highest BCUT2D eigenvalue weighted by Crippen LogP contribution is 2.16. The zero-order chi connectivity index (χ0) is 10.6. The van der Waals surface area contributed by atoms with Gasteiger partial charge in [0.1, 0.15) is 6.04 Å². The molecule has 1 heterocycles. The van der Waals surface area contributed by atoms with Crippen LogP contribution in [0, 0.1) is 0 Å². The third kappa shape index (κ3) is 4.18. The van der Waals surface area contributed by atoms with Crippen molar-refractivity contribution in [3.05, 3.63) is 0 Å². The van der Waals surface area contributed by atoms with Gasteiger partial charge in [-0.1, -0.05) is 0 Å². The summed E-state index contributed by atoms with van der Waals surface area (Å²) in [7, 11) is 1.56. The van der Waals surface area contributed by atoms with E-state index in [0.29, 0.717) is 12.6 Å².